The van der Waals surface area contributed by atoms with E-state index in [4.69, 9.17) is 15.2 Å². The number of para-hydroxylation sites is 1. The van der Waals surface area contributed by atoms with Crippen LogP contribution in [0.4, 0.5) is 0 Å². The lowest BCUT2D eigenvalue weighted by molar-refractivity contribution is 0.262. The molecular formula is C19H23N3O2. The lowest BCUT2D eigenvalue weighted by atomic mass is 10.0. The molecule has 0 amide bonds. The number of ether oxygens (including phenoxy) is 2. The van der Waals surface area contributed by atoms with Crippen LogP contribution in [0.2, 0.25) is 0 Å². The third-order valence-electron chi connectivity index (χ3n) is 4.19. The maximum Gasteiger partial charge on any atom is 0.189 e. The van der Waals surface area contributed by atoms with Gasteiger partial charge in [0.25, 0.3) is 0 Å². The summed E-state index contributed by atoms with van der Waals surface area (Å²) in [6.45, 7) is 3.21. The second-order valence-corrected chi connectivity index (χ2v) is 5.88. The molecule has 5 heteroatoms. The first kappa shape index (κ1) is 16.2. The third-order valence-corrected chi connectivity index (χ3v) is 4.19. The van der Waals surface area contributed by atoms with Gasteiger partial charge in [-0.05, 0) is 30.2 Å². The molecule has 1 unspecified atom stereocenters. The molecule has 24 heavy (non-hydrogen) atoms. The molecule has 1 atom stereocenters. The van der Waals surface area contributed by atoms with E-state index in [0.29, 0.717) is 19.1 Å². The summed E-state index contributed by atoms with van der Waals surface area (Å²) in [5.74, 6) is 2.22. The lowest BCUT2D eigenvalue weighted by Gasteiger charge is -2.26. The summed E-state index contributed by atoms with van der Waals surface area (Å²) in [5.41, 5.74) is 9.37. The number of fused-ring (bicyclic) bond motifs is 1. The number of benzene rings is 2. The zero-order chi connectivity index (χ0) is 16.9. The van der Waals surface area contributed by atoms with Gasteiger partial charge in [-0.3, -0.25) is 0 Å². The van der Waals surface area contributed by atoms with Crippen LogP contribution in [0.1, 0.15) is 29.2 Å². The summed E-state index contributed by atoms with van der Waals surface area (Å²) in [6, 6.07) is 14.2. The Morgan fingerprint density at radius 2 is 2.17 bits per heavy atom. The maximum atomic E-state index is 6.08. The fourth-order valence-electron chi connectivity index (χ4n) is 2.86. The summed E-state index contributed by atoms with van der Waals surface area (Å²) in [7, 11) is 1.67. The van der Waals surface area contributed by atoms with E-state index in [1.165, 1.54) is 0 Å². The van der Waals surface area contributed by atoms with Crippen molar-refractivity contribution in [2.75, 3.05) is 13.7 Å². The molecule has 3 N–H and O–H groups in total. The van der Waals surface area contributed by atoms with Crippen molar-refractivity contribution in [2.45, 2.75) is 25.9 Å². The van der Waals surface area contributed by atoms with Crippen LogP contribution >= 0.6 is 0 Å². The van der Waals surface area contributed by atoms with Crippen molar-refractivity contribution < 1.29 is 9.47 Å². The number of hydrogen-bond donors (Lipinski definition) is 2. The summed E-state index contributed by atoms with van der Waals surface area (Å²) in [4.78, 5) is 4.45. The number of rotatable bonds is 4. The van der Waals surface area contributed by atoms with Gasteiger partial charge in [0.2, 0.25) is 0 Å². The van der Waals surface area contributed by atoms with Crippen LogP contribution < -0.4 is 20.5 Å². The fraction of sp³-hybridized carbons (Fsp3) is 0.316. The number of nitrogens with one attached hydrogen (secondary N) is 1. The molecule has 126 valence electrons. The van der Waals surface area contributed by atoms with Gasteiger partial charge >= 0.3 is 0 Å². The van der Waals surface area contributed by atoms with Gasteiger partial charge in [0.15, 0.2) is 5.96 Å². The standard InChI is InChI=1S/C19H23N3O2/c1-13-7-8-14(11-18(13)23-2)12-21-19(20)22-16-9-10-24-17-6-4-3-5-15(16)17/h3-8,11,16H,9-10,12H2,1-2H3,(H3,20,21,22). The highest BCUT2D eigenvalue weighted by Gasteiger charge is 2.21. The normalized spacial score (nSPS) is 16.9. The lowest BCUT2D eigenvalue weighted by Crippen LogP contribution is -2.37. The molecule has 0 saturated carbocycles. The van der Waals surface area contributed by atoms with Crippen molar-refractivity contribution in [1.82, 2.24) is 5.32 Å². The molecule has 0 radical (unpaired) electrons. The van der Waals surface area contributed by atoms with Gasteiger partial charge in [-0.15, -0.1) is 0 Å². The van der Waals surface area contributed by atoms with E-state index >= 15 is 0 Å². The predicted molar refractivity (Wildman–Crippen MR) is 95.5 cm³/mol. The number of aryl methyl sites for hydroxylation is 1. The number of hydrogen-bond acceptors (Lipinski definition) is 3. The molecule has 1 heterocycles. The van der Waals surface area contributed by atoms with Crippen LogP contribution in [0, 0.1) is 6.92 Å². The van der Waals surface area contributed by atoms with Crippen molar-refractivity contribution >= 4 is 5.96 Å². The molecule has 2 aromatic carbocycles. The van der Waals surface area contributed by atoms with Gasteiger partial charge in [0.05, 0.1) is 26.3 Å². The first-order valence-electron chi connectivity index (χ1n) is 8.09. The molecule has 0 saturated heterocycles. The summed E-state index contributed by atoms with van der Waals surface area (Å²) in [5, 5.41) is 3.30. The molecule has 0 spiro atoms. The highest BCUT2D eigenvalue weighted by atomic mass is 16.5. The molecule has 0 fully saturated rings. The second-order valence-electron chi connectivity index (χ2n) is 5.88. The van der Waals surface area contributed by atoms with E-state index in [9.17, 15) is 0 Å². The molecule has 1 aliphatic rings. The van der Waals surface area contributed by atoms with Gasteiger partial charge in [-0.2, -0.15) is 0 Å². The third kappa shape index (κ3) is 3.62. The highest BCUT2D eigenvalue weighted by molar-refractivity contribution is 5.78. The SMILES string of the molecule is COc1cc(CN=C(N)NC2CCOc3ccccc32)ccc1C. The number of methoxy groups -OCH3 is 1. The fourth-order valence-corrected chi connectivity index (χ4v) is 2.86. The predicted octanol–water partition coefficient (Wildman–Crippen LogP) is 2.93. The van der Waals surface area contributed by atoms with Crippen LogP contribution in [0.15, 0.2) is 47.5 Å². The van der Waals surface area contributed by atoms with Crippen molar-refractivity contribution in [1.29, 1.82) is 0 Å². The van der Waals surface area contributed by atoms with E-state index in [2.05, 4.69) is 16.4 Å². The zero-order valence-corrected chi connectivity index (χ0v) is 14.1. The minimum atomic E-state index is 0.131. The molecule has 1 aliphatic heterocycles. The zero-order valence-electron chi connectivity index (χ0n) is 14.1. The number of nitrogens with zero attached hydrogens (tertiary/aromatic N) is 1. The second kappa shape index (κ2) is 7.25. The van der Waals surface area contributed by atoms with E-state index in [1.807, 2.05) is 43.3 Å². The van der Waals surface area contributed by atoms with Crippen LogP contribution in [0.5, 0.6) is 11.5 Å². The monoisotopic (exact) mass is 325 g/mol. The quantitative estimate of drug-likeness (QED) is 0.670. The summed E-state index contributed by atoms with van der Waals surface area (Å²) in [6.07, 6.45) is 0.867. The minimum absolute atomic E-state index is 0.131. The van der Waals surface area contributed by atoms with Crippen molar-refractivity contribution in [2.24, 2.45) is 10.7 Å². The van der Waals surface area contributed by atoms with Crippen LogP contribution in [-0.2, 0) is 6.54 Å². The van der Waals surface area contributed by atoms with Gasteiger partial charge < -0.3 is 20.5 Å². The summed E-state index contributed by atoms with van der Waals surface area (Å²) < 4.78 is 11.0. The molecule has 0 aliphatic carbocycles. The average Bonchev–Trinajstić information content (AvgIpc) is 2.61. The Bertz CT molecular complexity index is 743. The minimum Gasteiger partial charge on any atom is -0.496 e. The first-order valence-corrected chi connectivity index (χ1v) is 8.09. The Morgan fingerprint density at radius 3 is 3.00 bits per heavy atom. The number of guanidine groups is 1. The Kier molecular flexibility index (Phi) is 4.89. The smallest absolute Gasteiger partial charge is 0.189 e. The Balaban J connectivity index is 1.67. The van der Waals surface area contributed by atoms with Crippen LogP contribution in [0.3, 0.4) is 0 Å². The summed E-state index contributed by atoms with van der Waals surface area (Å²) >= 11 is 0. The molecule has 5 nitrogen and oxygen atoms in total. The maximum absolute atomic E-state index is 6.08. The number of aliphatic imine (C=N–C) groups is 1. The van der Waals surface area contributed by atoms with Gasteiger partial charge in [0.1, 0.15) is 11.5 Å². The topological polar surface area (TPSA) is 68.9 Å². The van der Waals surface area contributed by atoms with E-state index in [0.717, 1.165) is 34.6 Å². The molecule has 0 bridgehead atoms. The molecule has 3 rings (SSSR count). The van der Waals surface area contributed by atoms with Gasteiger partial charge in [-0.1, -0.05) is 30.3 Å². The van der Waals surface area contributed by atoms with Gasteiger partial charge in [0, 0.05) is 12.0 Å². The Labute approximate surface area is 142 Å². The van der Waals surface area contributed by atoms with E-state index in [1.54, 1.807) is 7.11 Å². The molecular weight excluding hydrogens is 302 g/mol. The Hall–Kier alpha value is -2.69. The highest BCUT2D eigenvalue weighted by Crippen LogP contribution is 2.31. The van der Waals surface area contributed by atoms with E-state index < -0.39 is 0 Å². The largest absolute Gasteiger partial charge is 0.496 e. The molecule has 2 aromatic rings. The average molecular weight is 325 g/mol. The van der Waals surface area contributed by atoms with Gasteiger partial charge in [-0.25, -0.2) is 4.99 Å². The number of nitrogens with two attached hydrogens (primary N) is 1. The first-order chi connectivity index (χ1) is 11.7. The van der Waals surface area contributed by atoms with Crippen molar-refractivity contribution in [3.05, 3.63) is 59.2 Å². The Morgan fingerprint density at radius 1 is 1.33 bits per heavy atom. The van der Waals surface area contributed by atoms with Crippen LogP contribution in [0.25, 0.3) is 0 Å². The molecule has 0 aromatic heterocycles. The van der Waals surface area contributed by atoms with Crippen molar-refractivity contribution in [3.63, 3.8) is 0 Å². The van der Waals surface area contributed by atoms with E-state index in [-0.39, 0.29) is 6.04 Å². The van der Waals surface area contributed by atoms with Crippen LogP contribution in [-0.4, -0.2) is 19.7 Å². The van der Waals surface area contributed by atoms with Crippen molar-refractivity contribution in [3.8, 4) is 11.5 Å².